The lowest BCUT2D eigenvalue weighted by molar-refractivity contribution is -0.118. The Morgan fingerprint density at radius 2 is 2.19 bits per heavy atom. The van der Waals surface area contributed by atoms with Gasteiger partial charge in [0.15, 0.2) is 20.6 Å². The molecule has 2 aromatic rings. The van der Waals surface area contributed by atoms with E-state index in [2.05, 4.69) is 20.8 Å². The second kappa shape index (κ2) is 9.72. The standard InChI is InChI=1S/C15H17ClN4O5S2/c1-27(23,24)9-13(21)17-5-6-26-15-14(19-25-20-15)12(18-22)8-10-3-2-4-11(16)7-10/h2-4,7,22H,5-6,8-9H2,1H3,(H,17,21). The summed E-state index contributed by atoms with van der Waals surface area (Å²) in [4.78, 5) is 11.5. The highest BCUT2D eigenvalue weighted by molar-refractivity contribution is 7.99. The molecule has 1 aromatic carbocycles. The average molecular weight is 433 g/mol. The predicted molar refractivity (Wildman–Crippen MR) is 101 cm³/mol. The predicted octanol–water partition coefficient (Wildman–Crippen LogP) is 1.40. The third-order valence-corrected chi connectivity index (χ3v) is 5.14. The Morgan fingerprint density at radius 1 is 1.41 bits per heavy atom. The molecule has 0 aliphatic carbocycles. The number of oxime groups is 1. The topological polar surface area (TPSA) is 135 Å². The molecule has 1 aromatic heterocycles. The first-order valence-corrected chi connectivity index (χ1v) is 11.1. The Hall–Kier alpha value is -2.11. The fourth-order valence-corrected chi connectivity index (χ4v) is 3.65. The zero-order chi connectivity index (χ0) is 19.9. The molecule has 2 N–H and O–H groups in total. The van der Waals surface area contributed by atoms with Crippen molar-refractivity contribution in [3.63, 3.8) is 0 Å². The highest BCUT2D eigenvalue weighted by Crippen LogP contribution is 2.21. The van der Waals surface area contributed by atoms with Gasteiger partial charge in [0.2, 0.25) is 5.91 Å². The summed E-state index contributed by atoms with van der Waals surface area (Å²) in [6.45, 7) is 0.227. The second-order valence-corrected chi connectivity index (χ2v) is 9.20. The van der Waals surface area contributed by atoms with E-state index in [0.717, 1.165) is 11.8 Å². The Balaban J connectivity index is 1.93. The van der Waals surface area contributed by atoms with Crippen LogP contribution in [0.4, 0.5) is 0 Å². The third-order valence-electron chi connectivity index (χ3n) is 3.17. The van der Waals surface area contributed by atoms with E-state index in [1.54, 1.807) is 18.2 Å². The Bertz CT molecular complexity index is 930. The molecule has 0 bridgehead atoms. The number of hydrogen-bond acceptors (Lipinski definition) is 9. The first-order valence-electron chi connectivity index (χ1n) is 7.64. The van der Waals surface area contributed by atoms with Crippen molar-refractivity contribution in [2.75, 3.05) is 24.3 Å². The van der Waals surface area contributed by atoms with E-state index >= 15 is 0 Å². The van der Waals surface area contributed by atoms with E-state index in [1.807, 2.05) is 6.07 Å². The molecule has 1 amide bonds. The van der Waals surface area contributed by atoms with Crippen LogP contribution in [-0.2, 0) is 21.1 Å². The highest BCUT2D eigenvalue weighted by atomic mass is 35.5. The quantitative estimate of drug-likeness (QED) is 0.199. The van der Waals surface area contributed by atoms with Crippen molar-refractivity contribution in [1.82, 2.24) is 15.6 Å². The van der Waals surface area contributed by atoms with Gasteiger partial charge < -0.3 is 10.5 Å². The number of carbonyl (C=O) groups is 1. The largest absolute Gasteiger partial charge is 0.411 e. The minimum atomic E-state index is -3.37. The second-order valence-electron chi connectivity index (χ2n) is 5.54. The fourth-order valence-electron chi connectivity index (χ4n) is 2.09. The molecule has 9 nitrogen and oxygen atoms in total. The molecule has 27 heavy (non-hydrogen) atoms. The molecule has 1 heterocycles. The van der Waals surface area contributed by atoms with Gasteiger partial charge in [0.05, 0.1) is 0 Å². The van der Waals surface area contributed by atoms with Crippen LogP contribution in [0, 0.1) is 0 Å². The van der Waals surface area contributed by atoms with Gasteiger partial charge in [-0.2, -0.15) is 0 Å². The van der Waals surface area contributed by atoms with Gasteiger partial charge in [-0.15, -0.1) is 0 Å². The van der Waals surface area contributed by atoms with E-state index in [1.165, 1.54) is 11.8 Å². The van der Waals surface area contributed by atoms with Gasteiger partial charge in [-0.05, 0) is 28.0 Å². The number of aromatic nitrogens is 2. The summed E-state index contributed by atoms with van der Waals surface area (Å²) < 4.78 is 26.8. The number of thioether (sulfide) groups is 1. The van der Waals surface area contributed by atoms with Crippen LogP contribution in [0.5, 0.6) is 0 Å². The molecule has 12 heteroatoms. The van der Waals surface area contributed by atoms with Crippen LogP contribution < -0.4 is 5.32 Å². The molecule has 0 fully saturated rings. The van der Waals surface area contributed by atoms with E-state index in [9.17, 15) is 18.4 Å². The van der Waals surface area contributed by atoms with Crippen LogP contribution in [-0.4, -0.2) is 59.9 Å². The summed E-state index contributed by atoms with van der Waals surface area (Å²) in [6.07, 6.45) is 1.26. The Kier molecular flexibility index (Phi) is 7.63. The molecule has 0 radical (unpaired) electrons. The normalized spacial score (nSPS) is 12.1. The first kappa shape index (κ1) is 21.2. The lowest BCUT2D eigenvalue weighted by atomic mass is 10.1. The van der Waals surface area contributed by atoms with Crippen molar-refractivity contribution < 1.29 is 23.0 Å². The Labute approximate surface area is 165 Å². The smallest absolute Gasteiger partial charge is 0.235 e. The maximum Gasteiger partial charge on any atom is 0.235 e. The Morgan fingerprint density at radius 3 is 2.85 bits per heavy atom. The van der Waals surface area contributed by atoms with Crippen LogP contribution in [0.15, 0.2) is 39.1 Å². The SMILES string of the molecule is CS(=O)(=O)CC(=O)NCCSc1nonc1C(Cc1cccc(Cl)c1)=NO. The number of hydrogen-bond donors (Lipinski definition) is 2. The van der Waals surface area contributed by atoms with E-state index < -0.39 is 21.5 Å². The summed E-state index contributed by atoms with van der Waals surface area (Å²) in [7, 11) is -3.37. The molecule has 2 rings (SSSR count). The molecule has 0 spiro atoms. The summed E-state index contributed by atoms with van der Waals surface area (Å²) in [5.41, 5.74) is 1.36. The van der Waals surface area contributed by atoms with Crippen LogP contribution in [0.3, 0.4) is 0 Å². The lowest BCUT2D eigenvalue weighted by Gasteiger charge is -2.05. The average Bonchev–Trinajstić information content (AvgIpc) is 3.03. The molecule has 0 aliphatic rings. The van der Waals surface area contributed by atoms with Crippen LogP contribution >= 0.6 is 23.4 Å². The van der Waals surface area contributed by atoms with Crippen LogP contribution in [0.25, 0.3) is 0 Å². The van der Waals surface area contributed by atoms with Gasteiger partial charge in [-0.1, -0.05) is 40.7 Å². The molecule has 0 atom stereocenters. The number of rotatable bonds is 9. The van der Waals surface area contributed by atoms with Crippen molar-refractivity contribution in [3.8, 4) is 0 Å². The number of nitrogens with zero attached hydrogens (tertiary/aromatic N) is 3. The number of nitrogens with one attached hydrogen (secondary N) is 1. The zero-order valence-corrected chi connectivity index (χ0v) is 16.6. The van der Waals surface area contributed by atoms with Crippen LogP contribution in [0.1, 0.15) is 11.3 Å². The van der Waals surface area contributed by atoms with Gasteiger partial charge >= 0.3 is 0 Å². The first-order chi connectivity index (χ1) is 12.8. The molecule has 0 aliphatic heterocycles. The number of amides is 1. The molecular formula is C15H17ClN4O5S2. The maximum absolute atomic E-state index is 11.5. The van der Waals surface area contributed by atoms with Crippen molar-refractivity contribution in [2.45, 2.75) is 11.4 Å². The number of benzene rings is 1. The highest BCUT2D eigenvalue weighted by Gasteiger charge is 2.18. The molecule has 0 saturated heterocycles. The maximum atomic E-state index is 11.5. The van der Waals surface area contributed by atoms with Gasteiger partial charge in [0, 0.05) is 30.0 Å². The summed E-state index contributed by atoms with van der Waals surface area (Å²) in [5, 5.41) is 23.6. The van der Waals surface area contributed by atoms with Crippen molar-refractivity contribution in [2.24, 2.45) is 5.16 Å². The number of sulfone groups is 1. The van der Waals surface area contributed by atoms with Gasteiger partial charge in [-0.3, -0.25) is 4.79 Å². The lowest BCUT2D eigenvalue weighted by Crippen LogP contribution is -2.31. The summed E-state index contributed by atoms with van der Waals surface area (Å²) in [5.74, 6) is -0.739. The molecule has 0 unspecified atom stereocenters. The molecule has 146 valence electrons. The van der Waals surface area contributed by atoms with Crippen LogP contribution in [0.2, 0.25) is 5.02 Å². The van der Waals surface area contributed by atoms with Crippen molar-refractivity contribution in [3.05, 3.63) is 40.5 Å². The third kappa shape index (κ3) is 7.19. The minimum absolute atomic E-state index is 0.227. The summed E-state index contributed by atoms with van der Waals surface area (Å²) >= 11 is 7.17. The van der Waals surface area contributed by atoms with E-state index in [4.69, 9.17) is 16.2 Å². The van der Waals surface area contributed by atoms with Crippen molar-refractivity contribution >= 4 is 44.8 Å². The molecule has 0 saturated carbocycles. The van der Waals surface area contributed by atoms with Gasteiger partial charge in [0.1, 0.15) is 11.5 Å². The van der Waals surface area contributed by atoms with Gasteiger partial charge in [0.25, 0.3) is 0 Å². The fraction of sp³-hybridized carbons (Fsp3) is 0.333. The van der Waals surface area contributed by atoms with Crippen molar-refractivity contribution in [1.29, 1.82) is 0 Å². The molecular weight excluding hydrogens is 416 g/mol. The van der Waals surface area contributed by atoms with E-state index in [0.29, 0.717) is 15.8 Å². The number of halogens is 1. The van der Waals surface area contributed by atoms with E-state index in [-0.39, 0.29) is 24.4 Å². The minimum Gasteiger partial charge on any atom is -0.411 e. The number of carbonyl (C=O) groups excluding carboxylic acids is 1. The van der Waals surface area contributed by atoms with Gasteiger partial charge in [-0.25, -0.2) is 13.0 Å². The summed E-state index contributed by atoms with van der Waals surface area (Å²) in [6, 6.07) is 7.08. The monoisotopic (exact) mass is 432 g/mol. The zero-order valence-electron chi connectivity index (χ0n) is 14.3.